The van der Waals surface area contributed by atoms with E-state index in [1.807, 2.05) is 78.8 Å². The van der Waals surface area contributed by atoms with Crippen molar-refractivity contribution in [2.24, 2.45) is 0 Å². The van der Waals surface area contributed by atoms with Gasteiger partial charge in [0.15, 0.2) is 22.5 Å². The quantitative estimate of drug-likeness (QED) is 0.530. The number of fused-ring (bicyclic) bond motifs is 1. The van der Waals surface area contributed by atoms with Crippen LogP contribution in [0.4, 0.5) is 0 Å². The highest BCUT2D eigenvalue weighted by Gasteiger charge is 2.30. The standard InChI is InChI=1S/C24H26N4O4S/c1-15-12-27(13-16(2)32-15)23(29)17(3)33-24-26-25-22(28(24)19-7-5-4-6-8-19)18-9-10-20-21(11-18)31-14-30-20/h4-11,15-17H,12-14H2,1-3H3/t15-,16-,17+/m0/s1. The molecular weight excluding hydrogens is 440 g/mol. The number of thioether (sulfide) groups is 1. The maximum atomic E-state index is 13.2. The maximum Gasteiger partial charge on any atom is 0.236 e. The van der Waals surface area contributed by atoms with Crippen molar-refractivity contribution < 1.29 is 19.0 Å². The lowest BCUT2D eigenvalue weighted by atomic mass is 10.2. The number of para-hydroxylation sites is 1. The Bertz CT molecular complexity index is 1140. The third-order valence-electron chi connectivity index (χ3n) is 5.64. The van der Waals surface area contributed by atoms with Crippen LogP contribution in [0.5, 0.6) is 11.5 Å². The van der Waals surface area contributed by atoms with E-state index in [2.05, 4.69) is 10.2 Å². The molecule has 33 heavy (non-hydrogen) atoms. The summed E-state index contributed by atoms with van der Waals surface area (Å²) >= 11 is 1.41. The van der Waals surface area contributed by atoms with E-state index in [1.54, 1.807) is 0 Å². The predicted octanol–water partition coefficient (Wildman–Crippen LogP) is 3.78. The Morgan fingerprint density at radius 2 is 1.76 bits per heavy atom. The first kappa shape index (κ1) is 21.8. The van der Waals surface area contributed by atoms with Crippen molar-refractivity contribution >= 4 is 17.7 Å². The molecule has 1 aromatic heterocycles. The normalized spacial score (nSPS) is 20.6. The predicted molar refractivity (Wildman–Crippen MR) is 125 cm³/mol. The molecule has 1 fully saturated rings. The van der Waals surface area contributed by atoms with Gasteiger partial charge in [-0.1, -0.05) is 30.0 Å². The molecule has 0 radical (unpaired) electrons. The number of carbonyl (C=O) groups excluding carboxylic acids is 1. The van der Waals surface area contributed by atoms with Gasteiger partial charge in [0, 0.05) is 24.3 Å². The molecule has 0 aliphatic carbocycles. The van der Waals surface area contributed by atoms with Crippen LogP contribution >= 0.6 is 11.8 Å². The fourth-order valence-electron chi connectivity index (χ4n) is 4.20. The molecule has 1 saturated heterocycles. The number of amides is 1. The third-order valence-corrected chi connectivity index (χ3v) is 6.67. The van der Waals surface area contributed by atoms with Crippen LogP contribution in [0, 0.1) is 0 Å². The Kier molecular flexibility index (Phi) is 5.99. The number of nitrogens with zero attached hydrogens (tertiary/aromatic N) is 4. The summed E-state index contributed by atoms with van der Waals surface area (Å²) in [6.45, 7) is 7.32. The van der Waals surface area contributed by atoms with Crippen molar-refractivity contribution in [3.63, 3.8) is 0 Å². The highest BCUT2D eigenvalue weighted by Crippen LogP contribution is 2.37. The van der Waals surface area contributed by atoms with Gasteiger partial charge >= 0.3 is 0 Å². The monoisotopic (exact) mass is 466 g/mol. The van der Waals surface area contributed by atoms with Crippen LogP contribution in [0.1, 0.15) is 20.8 Å². The van der Waals surface area contributed by atoms with E-state index in [9.17, 15) is 4.79 Å². The molecule has 9 heteroatoms. The zero-order valence-corrected chi connectivity index (χ0v) is 19.6. The molecule has 5 rings (SSSR count). The number of ether oxygens (including phenoxy) is 3. The summed E-state index contributed by atoms with van der Waals surface area (Å²) in [5.74, 6) is 2.15. The zero-order valence-electron chi connectivity index (χ0n) is 18.8. The fourth-order valence-corrected chi connectivity index (χ4v) is 5.15. The van der Waals surface area contributed by atoms with Gasteiger partial charge < -0.3 is 19.1 Å². The molecule has 0 spiro atoms. The second kappa shape index (κ2) is 9.07. The second-order valence-corrected chi connectivity index (χ2v) is 9.61. The lowest BCUT2D eigenvalue weighted by molar-refractivity contribution is -0.142. The van der Waals surface area contributed by atoms with Crippen LogP contribution in [0.15, 0.2) is 53.7 Å². The number of morpholine rings is 1. The van der Waals surface area contributed by atoms with Crippen LogP contribution < -0.4 is 9.47 Å². The molecule has 0 bridgehead atoms. The van der Waals surface area contributed by atoms with Gasteiger partial charge in [0.1, 0.15) is 0 Å². The minimum absolute atomic E-state index is 0.0282. The highest BCUT2D eigenvalue weighted by atomic mass is 32.2. The number of hydrogen-bond donors (Lipinski definition) is 0. The minimum atomic E-state index is -0.321. The number of aromatic nitrogens is 3. The Labute approximate surface area is 196 Å². The summed E-state index contributed by atoms with van der Waals surface area (Å²) in [5.41, 5.74) is 1.78. The van der Waals surface area contributed by atoms with Crippen molar-refractivity contribution in [1.82, 2.24) is 19.7 Å². The molecule has 0 saturated carbocycles. The largest absolute Gasteiger partial charge is 0.454 e. The Balaban J connectivity index is 1.46. The molecule has 3 aromatic rings. The fraction of sp³-hybridized carbons (Fsp3) is 0.375. The topological polar surface area (TPSA) is 78.7 Å². The summed E-state index contributed by atoms with van der Waals surface area (Å²) in [7, 11) is 0. The van der Waals surface area contributed by atoms with Crippen LogP contribution in [0.2, 0.25) is 0 Å². The average molecular weight is 467 g/mol. The van der Waals surface area contributed by atoms with Crippen molar-refractivity contribution in [3.05, 3.63) is 48.5 Å². The molecule has 3 heterocycles. The molecule has 1 amide bonds. The summed E-state index contributed by atoms with van der Waals surface area (Å²) in [5, 5.41) is 9.29. The zero-order chi connectivity index (χ0) is 22.9. The summed E-state index contributed by atoms with van der Waals surface area (Å²) in [6, 6.07) is 15.6. The second-order valence-electron chi connectivity index (χ2n) is 8.31. The van der Waals surface area contributed by atoms with Crippen molar-refractivity contribution in [3.8, 4) is 28.6 Å². The molecule has 3 atom stereocenters. The number of carbonyl (C=O) groups is 1. The smallest absolute Gasteiger partial charge is 0.236 e. The van der Waals surface area contributed by atoms with E-state index in [1.165, 1.54) is 11.8 Å². The third kappa shape index (κ3) is 4.43. The first-order valence-corrected chi connectivity index (χ1v) is 11.9. The van der Waals surface area contributed by atoms with E-state index in [4.69, 9.17) is 14.2 Å². The number of benzene rings is 2. The van der Waals surface area contributed by atoms with Crippen LogP contribution in [-0.2, 0) is 9.53 Å². The molecule has 2 aromatic carbocycles. The Morgan fingerprint density at radius 3 is 2.52 bits per heavy atom. The first-order valence-electron chi connectivity index (χ1n) is 11.0. The molecule has 2 aliphatic heterocycles. The van der Waals surface area contributed by atoms with Gasteiger partial charge in [-0.25, -0.2) is 0 Å². The van der Waals surface area contributed by atoms with E-state index < -0.39 is 0 Å². The average Bonchev–Trinajstić information content (AvgIpc) is 3.44. The minimum Gasteiger partial charge on any atom is -0.454 e. The van der Waals surface area contributed by atoms with E-state index >= 15 is 0 Å². The molecule has 0 N–H and O–H groups in total. The lowest BCUT2D eigenvalue weighted by Crippen LogP contribution is -2.50. The van der Waals surface area contributed by atoms with Gasteiger partial charge in [0.2, 0.25) is 12.7 Å². The molecular formula is C24H26N4O4S. The summed E-state index contributed by atoms with van der Waals surface area (Å²) in [6.07, 6.45) is 0.0564. The molecule has 8 nitrogen and oxygen atoms in total. The van der Waals surface area contributed by atoms with E-state index in [-0.39, 0.29) is 30.2 Å². The first-order chi connectivity index (χ1) is 16.0. The summed E-state index contributed by atoms with van der Waals surface area (Å²) in [4.78, 5) is 15.1. The summed E-state index contributed by atoms with van der Waals surface area (Å²) < 4.78 is 18.8. The van der Waals surface area contributed by atoms with Gasteiger partial charge in [-0.05, 0) is 51.1 Å². The van der Waals surface area contributed by atoms with Gasteiger partial charge in [-0.15, -0.1) is 10.2 Å². The number of hydrogen-bond acceptors (Lipinski definition) is 7. The van der Waals surface area contributed by atoms with E-state index in [0.717, 1.165) is 11.3 Å². The maximum absolute atomic E-state index is 13.2. The lowest BCUT2D eigenvalue weighted by Gasteiger charge is -2.36. The SMILES string of the molecule is C[C@H]1CN(C(=O)[C@@H](C)Sc2nnc(-c3ccc4c(c3)OCO4)n2-c2ccccc2)C[C@H](C)O1. The molecule has 172 valence electrons. The van der Waals surface area contributed by atoms with E-state index in [0.29, 0.717) is 35.6 Å². The van der Waals surface area contributed by atoms with Gasteiger partial charge in [-0.3, -0.25) is 9.36 Å². The highest BCUT2D eigenvalue weighted by molar-refractivity contribution is 8.00. The van der Waals surface area contributed by atoms with Crippen LogP contribution in [-0.4, -0.2) is 62.9 Å². The van der Waals surface area contributed by atoms with Gasteiger partial charge in [0.25, 0.3) is 0 Å². The Hall–Kier alpha value is -3.04. The number of rotatable bonds is 5. The van der Waals surface area contributed by atoms with Crippen molar-refractivity contribution in [2.75, 3.05) is 19.9 Å². The Morgan fingerprint density at radius 1 is 1.03 bits per heavy atom. The van der Waals surface area contributed by atoms with Crippen LogP contribution in [0.3, 0.4) is 0 Å². The molecule has 2 aliphatic rings. The van der Waals surface area contributed by atoms with Crippen molar-refractivity contribution in [1.29, 1.82) is 0 Å². The van der Waals surface area contributed by atoms with Gasteiger partial charge in [0.05, 0.1) is 17.5 Å². The molecule has 0 unspecified atom stereocenters. The van der Waals surface area contributed by atoms with Gasteiger partial charge in [-0.2, -0.15) is 0 Å². The van der Waals surface area contributed by atoms with Crippen LogP contribution in [0.25, 0.3) is 17.1 Å². The van der Waals surface area contributed by atoms with Crippen molar-refractivity contribution in [2.45, 2.75) is 43.4 Å².